The Morgan fingerprint density at radius 3 is 2.77 bits per heavy atom. The number of rotatable bonds is 6. The number of hydrogen-bond acceptors (Lipinski definition) is 5. The van der Waals surface area contributed by atoms with Crippen molar-refractivity contribution in [3.8, 4) is 5.75 Å². The van der Waals surface area contributed by atoms with Gasteiger partial charge in [0.2, 0.25) is 0 Å². The van der Waals surface area contributed by atoms with Gasteiger partial charge >= 0.3 is 0 Å². The molecular formula is C17H18N2O2S. The van der Waals surface area contributed by atoms with Gasteiger partial charge in [-0.15, -0.1) is 0 Å². The van der Waals surface area contributed by atoms with Gasteiger partial charge in [0, 0.05) is 18.1 Å². The largest absolute Gasteiger partial charge is 0.481 e. The van der Waals surface area contributed by atoms with Crippen LogP contribution in [0.25, 0.3) is 10.1 Å². The van der Waals surface area contributed by atoms with Gasteiger partial charge in [-0.1, -0.05) is 42.5 Å². The Labute approximate surface area is 133 Å². The van der Waals surface area contributed by atoms with Gasteiger partial charge in [0.1, 0.15) is 11.9 Å². The molecule has 0 aliphatic heterocycles. The lowest BCUT2D eigenvalue weighted by Crippen LogP contribution is -2.32. The van der Waals surface area contributed by atoms with Gasteiger partial charge < -0.3 is 15.2 Å². The van der Waals surface area contributed by atoms with Crippen LogP contribution in [0.15, 0.2) is 54.7 Å². The van der Waals surface area contributed by atoms with Gasteiger partial charge in [-0.3, -0.25) is 0 Å². The molecule has 0 aliphatic carbocycles. The zero-order valence-electron chi connectivity index (χ0n) is 12.3. The van der Waals surface area contributed by atoms with Crippen molar-refractivity contribution in [2.75, 3.05) is 13.6 Å². The number of hydrogen-bond donors (Lipinski definition) is 2. The molecule has 0 bridgehead atoms. The fraction of sp³-hybridized carbons (Fsp3) is 0.235. The first-order valence-electron chi connectivity index (χ1n) is 7.17. The molecule has 2 N–H and O–H groups in total. The normalized spacial score (nSPS) is 13.9. The van der Waals surface area contributed by atoms with Crippen LogP contribution in [0.5, 0.6) is 5.75 Å². The van der Waals surface area contributed by atoms with Crippen LogP contribution < -0.4 is 10.1 Å². The average molecular weight is 314 g/mol. The number of aromatic nitrogens is 1. The lowest BCUT2D eigenvalue weighted by atomic mass is 10.0. The molecule has 2 aromatic carbocycles. The van der Waals surface area contributed by atoms with Gasteiger partial charge in [0.15, 0.2) is 6.10 Å². The second-order valence-corrected chi connectivity index (χ2v) is 5.88. The highest BCUT2D eigenvalue weighted by Gasteiger charge is 2.23. The predicted molar refractivity (Wildman–Crippen MR) is 89.4 cm³/mol. The number of ether oxygens (including phenoxy) is 1. The SMILES string of the molecule is CNC[C@H](O)[C@H](Oc1cccc2cnsc12)c1ccccc1. The topological polar surface area (TPSA) is 54.4 Å². The van der Waals surface area contributed by atoms with Crippen molar-refractivity contribution in [1.29, 1.82) is 0 Å². The van der Waals surface area contributed by atoms with Gasteiger partial charge in [0.25, 0.3) is 0 Å². The van der Waals surface area contributed by atoms with Crippen LogP contribution in [-0.4, -0.2) is 29.2 Å². The third kappa shape index (κ3) is 3.11. The van der Waals surface area contributed by atoms with Crippen molar-refractivity contribution in [3.05, 3.63) is 60.3 Å². The summed E-state index contributed by atoms with van der Waals surface area (Å²) in [5, 5.41) is 14.5. The summed E-state index contributed by atoms with van der Waals surface area (Å²) in [6, 6.07) is 15.7. The van der Waals surface area contributed by atoms with Crippen LogP contribution in [-0.2, 0) is 0 Å². The molecule has 0 fully saturated rings. The van der Waals surface area contributed by atoms with Crippen LogP contribution in [0.2, 0.25) is 0 Å². The van der Waals surface area contributed by atoms with Crippen molar-refractivity contribution in [3.63, 3.8) is 0 Å². The number of likely N-dealkylation sites (N-methyl/N-ethyl adjacent to an activating group) is 1. The fourth-order valence-electron chi connectivity index (χ4n) is 2.43. The summed E-state index contributed by atoms with van der Waals surface area (Å²) >= 11 is 1.40. The van der Waals surface area contributed by atoms with Crippen molar-refractivity contribution in [2.45, 2.75) is 12.2 Å². The molecule has 1 aromatic heterocycles. The summed E-state index contributed by atoms with van der Waals surface area (Å²) in [5.41, 5.74) is 0.951. The third-order valence-corrected chi connectivity index (χ3v) is 4.32. The first-order valence-corrected chi connectivity index (χ1v) is 7.94. The van der Waals surface area contributed by atoms with Gasteiger partial charge in [0.05, 0.1) is 4.70 Å². The fourth-order valence-corrected chi connectivity index (χ4v) is 3.13. The maximum Gasteiger partial charge on any atom is 0.151 e. The number of aliphatic hydroxyl groups is 1. The van der Waals surface area contributed by atoms with E-state index >= 15 is 0 Å². The molecule has 22 heavy (non-hydrogen) atoms. The van der Waals surface area contributed by atoms with Crippen LogP contribution in [0.4, 0.5) is 0 Å². The smallest absolute Gasteiger partial charge is 0.151 e. The van der Waals surface area contributed by atoms with E-state index in [4.69, 9.17) is 4.74 Å². The van der Waals surface area contributed by atoms with Gasteiger partial charge in [-0.2, -0.15) is 4.37 Å². The maximum absolute atomic E-state index is 10.4. The van der Waals surface area contributed by atoms with Crippen molar-refractivity contribution in [1.82, 2.24) is 9.69 Å². The van der Waals surface area contributed by atoms with Crippen LogP contribution in [0.1, 0.15) is 11.7 Å². The molecule has 5 heteroatoms. The quantitative estimate of drug-likeness (QED) is 0.734. The Hall–Kier alpha value is -1.95. The zero-order valence-corrected chi connectivity index (χ0v) is 13.1. The molecule has 3 aromatic rings. The zero-order chi connectivity index (χ0) is 15.4. The summed E-state index contributed by atoms with van der Waals surface area (Å²) in [6.45, 7) is 0.457. The van der Waals surface area contributed by atoms with Gasteiger partial charge in [-0.25, -0.2) is 0 Å². The summed E-state index contributed by atoms with van der Waals surface area (Å²) in [7, 11) is 1.81. The number of benzene rings is 2. The second kappa shape index (κ2) is 6.87. The molecule has 0 amide bonds. The van der Waals surface area contributed by atoms with E-state index < -0.39 is 12.2 Å². The number of fused-ring (bicyclic) bond motifs is 1. The molecular weight excluding hydrogens is 296 g/mol. The molecule has 3 rings (SSSR count). The van der Waals surface area contributed by atoms with E-state index in [0.717, 1.165) is 21.4 Å². The van der Waals surface area contributed by atoms with Crippen LogP contribution >= 0.6 is 11.5 Å². The van der Waals surface area contributed by atoms with Crippen LogP contribution in [0.3, 0.4) is 0 Å². The Bertz CT molecular complexity index is 730. The average Bonchev–Trinajstić information content (AvgIpc) is 3.03. The summed E-state index contributed by atoms with van der Waals surface area (Å²) in [6.07, 6.45) is 0.755. The number of aliphatic hydroxyl groups excluding tert-OH is 1. The minimum atomic E-state index is -0.643. The summed E-state index contributed by atoms with van der Waals surface area (Å²) in [4.78, 5) is 0. The molecule has 0 unspecified atom stereocenters. The summed E-state index contributed by atoms with van der Waals surface area (Å²) < 4.78 is 11.4. The van der Waals surface area contributed by atoms with E-state index in [1.165, 1.54) is 11.5 Å². The van der Waals surface area contributed by atoms with E-state index in [1.54, 1.807) is 0 Å². The van der Waals surface area contributed by atoms with Gasteiger partial charge in [-0.05, 0) is 30.2 Å². The highest BCUT2D eigenvalue weighted by Crippen LogP contribution is 2.33. The molecule has 0 saturated carbocycles. The lowest BCUT2D eigenvalue weighted by molar-refractivity contribution is 0.0380. The van der Waals surface area contributed by atoms with E-state index in [2.05, 4.69) is 9.69 Å². The van der Waals surface area contributed by atoms with Crippen molar-refractivity contribution in [2.24, 2.45) is 0 Å². The maximum atomic E-state index is 10.4. The molecule has 114 valence electrons. The van der Waals surface area contributed by atoms with Crippen LogP contribution in [0, 0.1) is 0 Å². The molecule has 4 nitrogen and oxygen atoms in total. The van der Waals surface area contributed by atoms with Crippen molar-refractivity contribution >= 4 is 21.6 Å². The molecule has 0 aliphatic rings. The lowest BCUT2D eigenvalue weighted by Gasteiger charge is -2.24. The highest BCUT2D eigenvalue weighted by atomic mass is 32.1. The first-order chi connectivity index (χ1) is 10.8. The highest BCUT2D eigenvalue weighted by molar-refractivity contribution is 7.13. The molecule has 2 atom stereocenters. The summed E-state index contributed by atoms with van der Waals surface area (Å²) in [5.74, 6) is 0.754. The van der Waals surface area contributed by atoms with E-state index in [9.17, 15) is 5.11 Å². The Morgan fingerprint density at radius 1 is 1.18 bits per heavy atom. The Kier molecular flexibility index (Phi) is 4.68. The standard InChI is InChI=1S/C17H18N2O2S/c1-18-11-14(20)16(12-6-3-2-4-7-12)21-15-9-5-8-13-10-19-22-17(13)15/h2-10,14,16,18,20H,11H2,1H3/t14-,16+/m0/s1. The predicted octanol–water partition coefficient (Wildman–Crippen LogP) is 3.00. The minimum absolute atomic E-state index is 0.429. The molecule has 0 spiro atoms. The monoisotopic (exact) mass is 314 g/mol. The second-order valence-electron chi connectivity index (χ2n) is 5.07. The van der Waals surface area contributed by atoms with E-state index in [1.807, 2.05) is 61.8 Å². The minimum Gasteiger partial charge on any atom is -0.481 e. The number of nitrogens with zero attached hydrogens (tertiary/aromatic N) is 1. The number of nitrogens with one attached hydrogen (secondary N) is 1. The Morgan fingerprint density at radius 2 is 2.00 bits per heavy atom. The molecule has 0 radical (unpaired) electrons. The molecule has 0 saturated heterocycles. The van der Waals surface area contributed by atoms with E-state index in [-0.39, 0.29) is 0 Å². The third-order valence-electron chi connectivity index (χ3n) is 3.49. The molecule has 1 heterocycles. The first kappa shape index (κ1) is 15.0. The Balaban J connectivity index is 1.94. The van der Waals surface area contributed by atoms with E-state index in [0.29, 0.717) is 6.54 Å². The van der Waals surface area contributed by atoms with Crippen molar-refractivity contribution < 1.29 is 9.84 Å².